The van der Waals surface area contributed by atoms with Crippen molar-refractivity contribution in [2.45, 2.75) is 11.8 Å². The number of rotatable bonds is 5. The minimum absolute atomic E-state index is 0.0678. The van der Waals surface area contributed by atoms with Crippen LogP contribution in [-0.2, 0) is 14.3 Å². The molecular weight excluding hydrogens is 288 g/mol. The first-order valence-corrected chi connectivity index (χ1v) is 7.68. The molecule has 5 heteroatoms. The number of ether oxygens (including phenoxy) is 1. The van der Waals surface area contributed by atoms with Gasteiger partial charge in [-0.2, -0.15) is 8.42 Å². The van der Waals surface area contributed by atoms with Crippen LogP contribution in [0.2, 0.25) is 0 Å². The maximum Gasteiger partial charge on any atom is 0.339 e. The van der Waals surface area contributed by atoms with Gasteiger partial charge in [0.05, 0.1) is 7.11 Å². The van der Waals surface area contributed by atoms with Crippen molar-refractivity contribution < 1.29 is 17.3 Å². The maximum atomic E-state index is 12.1. The number of methoxy groups -OCH3 is 1. The van der Waals surface area contributed by atoms with Gasteiger partial charge in [0.15, 0.2) is 0 Å². The van der Waals surface area contributed by atoms with Gasteiger partial charge in [-0.15, -0.1) is 0 Å². The van der Waals surface area contributed by atoms with Crippen LogP contribution in [0.4, 0.5) is 0 Å². The minimum Gasteiger partial charge on any atom is -0.497 e. The Morgan fingerprint density at radius 1 is 1.00 bits per heavy atom. The maximum absolute atomic E-state index is 12.1. The van der Waals surface area contributed by atoms with Crippen molar-refractivity contribution in [2.75, 3.05) is 7.11 Å². The number of hydrogen-bond donors (Lipinski definition) is 0. The summed E-state index contributed by atoms with van der Waals surface area (Å²) in [5.41, 5.74) is 1.55. The van der Waals surface area contributed by atoms with E-state index in [9.17, 15) is 8.42 Å². The molecule has 0 bridgehead atoms. The molecule has 0 aromatic heterocycles. The van der Waals surface area contributed by atoms with E-state index in [2.05, 4.69) is 6.58 Å². The fourth-order valence-electron chi connectivity index (χ4n) is 1.71. The zero-order chi connectivity index (χ0) is 15.5. The molecule has 0 aliphatic rings. The lowest BCUT2D eigenvalue weighted by Gasteiger charge is -2.10. The zero-order valence-corrected chi connectivity index (χ0v) is 12.7. The van der Waals surface area contributed by atoms with E-state index in [0.29, 0.717) is 11.3 Å². The zero-order valence-electron chi connectivity index (χ0n) is 11.9. The predicted molar refractivity (Wildman–Crippen MR) is 81.5 cm³/mol. The first-order valence-electron chi connectivity index (χ1n) is 6.27. The van der Waals surface area contributed by atoms with Gasteiger partial charge in [0.2, 0.25) is 0 Å². The third kappa shape index (κ3) is 3.64. The van der Waals surface area contributed by atoms with Crippen LogP contribution >= 0.6 is 0 Å². The first kappa shape index (κ1) is 15.1. The molecule has 2 rings (SSSR count). The summed E-state index contributed by atoms with van der Waals surface area (Å²) in [5.74, 6) is 0.742. The second-order valence-electron chi connectivity index (χ2n) is 4.50. The molecule has 0 saturated carbocycles. The van der Waals surface area contributed by atoms with Gasteiger partial charge in [0, 0.05) is 5.56 Å². The quantitative estimate of drug-likeness (QED) is 0.627. The van der Waals surface area contributed by atoms with Crippen molar-refractivity contribution in [1.29, 1.82) is 0 Å². The average molecular weight is 304 g/mol. The van der Waals surface area contributed by atoms with Crippen molar-refractivity contribution in [3.63, 3.8) is 0 Å². The fraction of sp³-hybridized carbons (Fsp3) is 0.125. The molecule has 0 radical (unpaired) electrons. The first-order chi connectivity index (χ1) is 9.92. The molecule has 0 heterocycles. The van der Waals surface area contributed by atoms with E-state index in [-0.39, 0.29) is 10.7 Å². The number of aryl methyl sites for hydroxylation is 1. The normalized spacial score (nSPS) is 11.0. The topological polar surface area (TPSA) is 52.6 Å². The van der Waals surface area contributed by atoms with E-state index in [0.717, 1.165) is 5.56 Å². The van der Waals surface area contributed by atoms with Gasteiger partial charge in [0.25, 0.3) is 0 Å². The second-order valence-corrected chi connectivity index (χ2v) is 6.05. The summed E-state index contributed by atoms with van der Waals surface area (Å²) in [6, 6.07) is 13.2. The van der Waals surface area contributed by atoms with Gasteiger partial charge in [-0.3, -0.25) is 0 Å². The van der Waals surface area contributed by atoms with Crippen LogP contribution in [0.1, 0.15) is 11.1 Å². The third-order valence-electron chi connectivity index (χ3n) is 2.93. The summed E-state index contributed by atoms with van der Waals surface area (Å²) in [6.07, 6.45) is 0. The average Bonchev–Trinajstić information content (AvgIpc) is 2.47. The Bertz CT molecular complexity index is 729. The Kier molecular flexibility index (Phi) is 4.33. The van der Waals surface area contributed by atoms with E-state index < -0.39 is 10.1 Å². The smallest absolute Gasteiger partial charge is 0.339 e. The molecule has 0 atom stereocenters. The summed E-state index contributed by atoms with van der Waals surface area (Å²) < 4.78 is 34.4. The standard InChI is InChI=1S/C16H16O4S/c1-12-4-10-16(11-5-12)21(17,18)20-13(2)14-6-8-15(19-3)9-7-14/h4-11H,2H2,1,3H3. The molecule has 4 nitrogen and oxygen atoms in total. The molecule has 2 aromatic carbocycles. The van der Waals surface area contributed by atoms with E-state index in [4.69, 9.17) is 8.92 Å². The van der Waals surface area contributed by atoms with Crippen molar-refractivity contribution in [3.05, 3.63) is 66.2 Å². The fourth-order valence-corrected chi connectivity index (χ4v) is 2.64. The van der Waals surface area contributed by atoms with Gasteiger partial charge < -0.3 is 8.92 Å². The van der Waals surface area contributed by atoms with Crippen molar-refractivity contribution >= 4 is 15.9 Å². The lowest BCUT2D eigenvalue weighted by Crippen LogP contribution is -2.05. The van der Waals surface area contributed by atoms with Crippen molar-refractivity contribution in [2.24, 2.45) is 0 Å². The van der Waals surface area contributed by atoms with Gasteiger partial charge in [0.1, 0.15) is 16.4 Å². The SMILES string of the molecule is C=C(OS(=O)(=O)c1ccc(C)cc1)c1ccc(OC)cc1. The highest BCUT2D eigenvalue weighted by molar-refractivity contribution is 7.87. The van der Waals surface area contributed by atoms with Gasteiger partial charge in [-0.1, -0.05) is 24.3 Å². The summed E-state index contributed by atoms with van der Waals surface area (Å²) in [7, 11) is -2.31. The van der Waals surface area contributed by atoms with E-state index in [1.807, 2.05) is 6.92 Å². The largest absolute Gasteiger partial charge is 0.497 e. The molecule has 0 amide bonds. The molecule has 0 saturated heterocycles. The molecule has 110 valence electrons. The Labute approximate surface area is 124 Å². The molecule has 0 spiro atoms. The highest BCUT2D eigenvalue weighted by atomic mass is 32.2. The number of benzene rings is 2. The second kappa shape index (κ2) is 6.01. The summed E-state index contributed by atoms with van der Waals surface area (Å²) in [4.78, 5) is 0.0998. The van der Waals surface area contributed by atoms with E-state index in [1.54, 1.807) is 43.5 Å². The Balaban J connectivity index is 2.19. The summed E-state index contributed by atoms with van der Waals surface area (Å²) >= 11 is 0. The Morgan fingerprint density at radius 2 is 1.57 bits per heavy atom. The van der Waals surface area contributed by atoms with Gasteiger partial charge in [-0.05, 0) is 43.3 Å². The van der Waals surface area contributed by atoms with Crippen LogP contribution in [0.3, 0.4) is 0 Å². The van der Waals surface area contributed by atoms with Crippen LogP contribution in [0.25, 0.3) is 5.76 Å². The molecular formula is C16H16O4S. The lowest BCUT2D eigenvalue weighted by atomic mass is 10.2. The van der Waals surface area contributed by atoms with Crippen LogP contribution < -0.4 is 4.74 Å². The molecule has 0 aliphatic heterocycles. The molecule has 0 N–H and O–H groups in total. The van der Waals surface area contributed by atoms with E-state index >= 15 is 0 Å². The third-order valence-corrected chi connectivity index (χ3v) is 4.20. The van der Waals surface area contributed by atoms with Crippen molar-refractivity contribution in [1.82, 2.24) is 0 Å². The Morgan fingerprint density at radius 3 is 2.10 bits per heavy atom. The highest BCUT2D eigenvalue weighted by Crippen LogP contribution is 2.23. The van der Waals surface area contributed by atoms with Crippen molar-refractivity contribution in [3.8, 4) is 5.75 Å². The molecule has 2 aromatic rings. The molecule has 0 aliphatic carbocycles. The molecule has 21 heavy (non-hydrogen) atoms. The molecule has 0 unspecified atom stereocenters. The molecule has 0 fully saturated rings. The highest BCUT2D eigenvalue weighted by Gasteiger charge is 2.17. The lowest BCUT2D eigenvalue weighted by molar-refractivity contribution is 0.414. The van der Waals surface area contributed by atoms with Crippen LogP contribution in [0.15, 0.2) is 60.0 Å². The van der Waals surface area contributed by atoms with Gasteiger partial charge in [-0.25, -0.2) is 0 Å². The Hall–Kier alpha value is -2.27. The monoisotopic (exact) mass is 304 g/mol. The summed E-state index contributed by atoms with van der Waals surface area (Å²) in [5, 5.41) is 0. The van der Waals surface area contributed by atoms with Crippen LogP contribution in [-0.4, -0.2) is 15.5 Å². The van der Waals surface area contributed by atoms with E-state index in [1.165, 1.54) is 12.1 Å². The van der Waals surface area contributed by atoms with Crippen LogP contribution in [0, 0.1) is 6.92 Å². The van der Waals surface area contributed by atoms with Crippen LogP contribution in [0.5, 0.6) is 5.75 Å². The van der Waals surface area contributed by atoms with Gasteiger partial charge >= 0.3 is 10.1 Å². The minimum atomic E-state index is -3.87. The summed E-state index contributed by atoms with van der Waals surface area (Å²) in [6.45, 7) is 5.55. The number of hydrogen-bond acceptors (Lipinski definition) is 4. The predicted octanol–water partition coefficient (Wildman–Crippen LogP) is 3.38.